The predicted molar refractivity (Wildman–Crippen MR) is 65.0 cm³/mol. The summed E-state index contributed by atoms with van der Waals surface area (Å²) < 4.78 is 10.7. The van der Waals surface area contributed by atoms with Crippen molar-refractivity contribution >= 4 is 0 Å². The molecule has 1 aromatic rings. The van der Waals surface area contributed by atoms with E-state index in [4.69, 9.17) is 15.2 Å². The smallest absolute Gasteiger partial charge is 0.231 e. The molecule has 0 aromatic heterocycles. The van der Waals surface area contributed by atoms with E-state index in [1.807, 2.05) is 6.07 Å². The van der Waals surface area contributed by atoms with Gasteiger partial charge in [0.25, 0.3) is 0 Å². The lowest BCUT2D eigenvalue weighted by molar-refractivity contribution is 0.174. The third-order valence-electron chi connectivity index (χ3n) is 3.55. The van der Waals surface area contributed by atoms with Gasteiger partial charge in [-0.05, 0) is 43.1 Å². The standard InChI is InChI=1S/C13H18N2O2/c14-6-11-3-4-15(8-11)7-10-1-2-12-13(5-10)17-9-16-12/h1-2,5,11H,3-4,6-9,14H2. The molecular formula is C13H18N2O2. The summed E-state index contributed by atoms with van der Waals surface area (Å²) in [6.07, 6.45) is 1.22. The van der Waals surface area contributed by atoms with E-state index in [0.29, 0.717) is 12.7 Å². The van der Waals surface area contributed by atoms with E-state index in [0.717, 1.165) is 37.7 Å². The minimum Gasteiger partial charge on any atom is -0.454 e. The van der Waals surface area contributed by atoms with Gasteiger partial charge in [-0.25, -0.2) is 0 Å². The van der Waals surface area contributed by atoms with Crippen molar-refractivity contribution in [1.29, 1.82) is 0 Å². The van der Waals surface area contributed by atoms with E-state index >= 15 is 0 Å². The zero-order valence-electron chi connectivity index (χ0n) is 9.89. The van der Waals surface area contributed by atoms with Crippen LogP contribution in [0.5, 0.6) is 11.5 Å². The van der Waals surface area contributed by atoms with Crippen LogP contribution < -0.4 is 15.2 Å². The first kappa shape index (κ1) is 10.9. The molecule has 2 aliphatic heterocycles. The summed E-state index contributed by atoms with van der Waals surface area (Å²) in [5, 5.41) is 0. The second-order valence-corrected chi connectivity index (χ2v) is 4.81. The van der Waals surface area contributed by atoms with E-state index in [-0.39, 0.29) is 0 Å². The summed E-state index contributed by atoms with van der Waals surface area (Å²) in [7, 11) is 0. The molecule has 0 saturated carbocycles. The van der Waals surface area contributed by atoms with Gasteiger partial charge in [-0.2, -0.15) is 0 Å². The van der Waals surface area contributed by atoms with Gasteiger partial charge in [0.05, 0.1) is 0 Å². The lowest BCUT2D eigenvalue weighted by Gasteiger charge is -2.15. The second kappa shape index (κ2) is 4.55. The summed E-state index contributed by atoms with van der Waals surface area (Å²) in [6, 6.07) is 6.19. The predicted octanol–water partition coefficient (Wildman–Crippen LogP) is 1.20. The highest BCUT2D eigenvalue weighted by atomic mass is 16.7. The number of nitrogens with two attached hydrogens (primary N) is 1. The highest BCUT2D eigenvalue weighted by molar-refractivity contribution is 5.44. The number of ether oxygens (including phenoxy) is 2. The van der Waals surface area contributed by atoms with Crippen LogP contribution in [0.1, 0.15) is 12.0 Å². The highest BCUT2D eigenvalue weighted by Gasteiger charge is 2.21. The van der Waals surface area contributed by atoms with Crippen molar-refractivity contribution in [1.82, 2.24) is 4.90 Å². The first-order valence-corrected chi connectivity index (χ1v) is 6.16. The van der Waals surface area contributed by atoms with E-state index < -0.39 is 0 Å². The van der Waals surface area contributed by atoms with Crippen LogP contribution in [-0.4, -0.2) is 31.3 Å². The van der Waals surface area contributed by atoms with Gasteiger partial charge < -0.3 is 15.2 Å². The van der Waals surface area contributed by atoms with Crippen molar-refractivity contribution in [2.45, 2.75) is 13.0 Å². The fourth-order valence-electron chi connectivity index (χ4n) is 2.55. The molecule has 0 amide bonds. The van der Waals surface area contributed by atoms with Crippen molar-refractivity contribution < 1.29 is 9.47 Å². The average molecular weight is 234 g/mol. The summed E-state index contributed by atoms with van der Waals surface area (Å²) >= 11 is 0. The Labute approximate surface area is 101 Å². The minimum absolute atomic E-state index is 0.345. The average Bonchev–Trinajstić information content (AvgIpc) is 2.96. The molecule has 1 aromatic carbocycles. The zero-order chi connectivity index (χ0) is 11.7. The fraction of sp³-hybridized carbons (Fsp3) is 0.538. The largest absolute Gasteiger partial charge is 0.454 e. The third-order valence-corrected chi connectivity index (χ3v) is 3.55. The van der Waals surface area contributed by atoms with E-state index in [1.54, 1.807) is 0 Å². The van der Waals surface area contributed by atoms with Crippen LogP contribution in [-0.2, 0) is 6.54 Å². The van der Waals surface area contributed by atoms with Crippen LogP contribution in [0.3, 0.4) is 0 Å². The number of nitrogens with zero attached hydrogens (tertiary/aromatic N) is 1. The Bertz CT molecular complexity index is 408. The number of rotatable bonds is 3. The van der Waals surface area contributed by atoms with Gasteiger partial charge in [0, 0.05) is 13.1 Å². The Morgan fingerprint density at radius 2 is 2.18 bits per heavy atom. The maximum atomic E-state index is 5.70. The van der Waals surface area contributed by atoms with Crippen molar-refractivity contribution in [2.75, 3.05) is 26.4 Å². The topological polar surface area (TPSA) is 47.7 Å². The maximum Gasteiger partial charge on any atom is 0.231 e. The number of hydrogen-bond donors (Lipinski definition) is 1. The van der Waals surface area contributed by atoms with Crippen LogP contribution in [0.25, 0.3) is 0 Å². The molecule has 0 radical (unpaired) electrons. The molecule has 4 heteroatoms. The Hall–Kier alpha value is -1.26. The van der Waals surface area contributed by atoms with Crippen molar-refractivity contribution in [3.63, 3.8) is 0 Å². The molecule has 17 heavy (non-hydrogen) atoms. The van der Waals surface area contributed by atoms with Crippen LogP contribution in [0.15, 0.2) is 18.2 Å². The van der Waals surface area contributed by atoms with Crippen molar-refractivity contribution in [3.8, 4) is 11.5 Å². The molecule has 1 atom stereocenters. The second-order valence-electron chi connectivity index (χ2n) is 4.81. The summed E-state index contributed by atoms with van der Waals surface area (Å²) in [5.41, 5.74) is 6.98. The molecule has 3 rings (SSSR count). The first-order chi connectivity index (χ1) is 8.35. The zero-order valence-corrected chi connectivity index (χ0v) is 9.89. The first-order valence-electron chi connectivity index (χ1n) is 6.16. The fourth-order valence-corrected chi connectivity index (χ4v) is 2.55. The number of fused-ring (bicyclic) bond motifs is 1. The number of likely N-dealkylation sites (tertiary alicyclic amines) is 1. The quantitative estimate of drug-likeness (QED) is 0.853. The molecule has 2 aliphatic rings. The SMILES string of the molecule is NCC1CCN(Cc2ccc3c(c2)OCO3)C1. The number of hydrogen-bond acceptors (Lipinski definition) is 4. The minimum atomic E-state index is 0.345. The molecule has 4 nitrogen and oxygen atoms in total. The van der Waals surface area contributed by atoms with Gasteiger partial charge in [-0.15, -0.1) is 0 Å². The van der Waals surface area contributed by atoms with E-state index in [9.17, 15) is 0 Å². The number of benzene rings is 1. The normalized spacial score (nSPS) is 23.2. The van der Waals surface area contributed by atoms with Gasteiger partial charge in [-0.1, -0.05) is 6.07 Å². The van der Waals surface area contributed by atoms with Gasteiger partial charge in [0.1, 0.15) is 0 Å². The Kier molecular flexibility index (Phi) is 2.91. The lowest BCUT2D eigenvalue weighted by atomic mass is 10.1. The van der Waals surface area contributed by atoms with Crippen LogP contribution in [0, 0.1) is 5.92 Å². The molecule has 2 N–H and O–H groups in total. The van der Waals surface area contributed by atoms with Crippen LogP contribution >= 0.6 is 0 Å². The molecule has 1 unspecified atom stereocenters. The molecule has 92 valence electrons. The van der Waals surface area contributed by atoms with E-state index in [1.165, 1.54) is 12.0 Å². The van der Waals surface area contributed by atoms with Crippen LogP contribution in [0.2, 0.25) is 0 Å². The van der Waals surface area contributed by atoms with Gasteiger partial charge in [-0.3, -0.25) is 4.90 Å². The Morgan fingerprint density at radius 3 is 3.00 bits per heavy atom. The summed E-state index contributed by atoms with van der Waals surface area (Å²) in [5.74, 6) is 2.40. The van der Waals surface area contributed by atoms with Crippen molar-refractivity contribution in [3.05, 3.63) is 23.8 Å². The lowest BCUT2D eigenvalue weighted by Crippen LogP contribution is -2.22. The van der Waals surface area contributed by atoms with Crippen LogP contribution in [0.4, 0.5) is 0 Å². The molecule has 0 aliphatic carbocycles. The third kappa shape index (κ3) is 2.23. The molecule has 0 spiro atoms. The van der Waals surface area contributed by atoms with Gasteiger partial charge in [0.2, 0.25) is 6.79 Å². The molecule has 0 bridgehead atoms. The Morgan fingerprint density at radius 1 is 1.29 bits per heavy atom. The molecule has 1 saturated heterocycles. The summed E-state index contributed by atoms with van der Waals surface area (Å²) in [4.78, 5) is 2.45. The maximum absolute atomic E-state index is 5.70. The Balaban J connectivity index is 1.65. The summed E-state index contributed by atoms with van der Waals surface area (Å²) in [6.45, 7) is 4.39. The molecule has 1 fully saturated rings. The van der Waals surface area contributed by atoms with Gasteiger partial charge in [0.15, 0.2) is 11.5 Å². The van der Waals surface area contributed by atoms with Gasteiger partial charge >= 0.3 is 0 Å². The van der Waals surface area contributed by atoms with E-state index in [2.05, 4.69) is 17.0 Å². The molecule has 2 heterocycles. The highest BCUT2D eigenvalue weighted by Crippen LogP contribution is 2.33. The molecular weight excluding hydrogens is 216 g/mol. The van der Waals surface area contributed by atoms with Crippen molar-refractivity contribution in [2.24, 2.45) is 11.7 Å². The monoisotopic (exact) mass is 234 g/mol.